The summed E-state index contributed by atoms with van der Waals surface area (Å²) in [6, 6.07) is 1.19. The molecule has 0 aliphatic carbocycles. The number of hydrogen-bond donors (Lipinski definition) is 1. The van der Waals surface area contributed by atoms with Crippen molar-refractivity contribution in [2.75, 3.05) is 0 Å². The van der Waals surface area contributed by atoms with E-state index in [0.29, 0.717) is 0 Å². The molecule has 1 aliphatic rings. The van der Waals surface area contributed by atoms with Gasteiger partial charge in [-0.15, -0.1) is 0 Å². The summed E-state index contributed by atoms with van der Waals surface area (Å²) in [6.07, 6.45) is 0.833. The number of aromatic nitrogens is 1. The zero-order valence-corrected chi connectivity index (χ0v) is 21.5. The Hall–Kier alpha value is -1.10. The molecule has 1 aromatic heterocycles. The van der Waals surface area contributed by atoms with Crippen molar-refractivity contribution in [2.45, 2.75) is 110 Å². The van der Waals surface area contributed by atoms with Crippen LogP contribution in [-0.2, 0) is 19.3 Å². The minimum absolute atomic E-state index is 0.0349. The number of rotatable bonds is 8. The molecule has 1 N–H and O–H groups in total. The Bertz CT molecular complexity index is 930. The van der Waals surface area contributed by atoms with Gasteiger partial charge < -0.3 is 9.31 Å². The smallest absolute Gasteiger partial charge is 0.399 e. The van der Waals surface area contributed by atoms with Crippen molar-refractivity contribution < 1.29 is 26.5 Å². The van der Waals surface area contributed by atoms with Crippen molar-refractivity contribution in [3.8, 4) is 0 Å². The van der Waals surface area contributed by atoms with Crippen LogP contribution in [0.4, 0.5) is 8.78 Å². The molecule has 0 spiro atoms. The fourth-order valence-corrected chi connectivity index (χ4v) is 5.56. The second-order valence-electron chi connectivity index (χ2n) is 10.8. The molecular formula is C22H37BF2N2O4S. The van der Waals surface area contributed by atoms with Crippen LogP contribution in [0.15, 0.2) is 17.2 Å². The number of pyridine rings is 1. The second kappa shape index (κ2) is 8.93. The third-order valence-corrected chi connectivity index (χ3v) is 8.41. The van der Waals surface area contributed by atoms with E-state index in [9.17, 15) is 17.2 Å². The van der Waals surface area contributed by atoms with E-state index >= 15 is 0 Å². The highest BCUT2D eigenvalue weighted by atomic mass is 32.2. The molecule has 2 rings (SSSR count). The summed E-state index contributed by atoms with van der Waals surface area (Å²) >= 11 is 0. The van der Waals surface area contributed by atoms with Crippen LogP contribution >= 0.6 is 0 Å². The molecule has 32 heavy (non-hydrogen) atoms. The van der Waals surface area contributed by atoms with E-state index in [4.69, 9.17) is 9.31 Å². The van der Waals surface area contributed by atoms with Gasteiger partial charge in [0.05, 0.1) is 11.2 Å². The molecule has 0 aromatic carbocycles. The maximum absolute atomic E-state index is 13.6. The number of sulfonamides is 1. The first kappa shape index (κ1) is 27.2. The summed E-state index contributed by atoms with van der Waals surface area (Å²) in [5.74, 6) is 0. The highest BCUT2D eigenvalue weighted by Crippen LogP contribution is 2.46. The van der Waals surface area contributed by atoms with Gasteiger partial charge in [0.15, 0.2) is 0 Å². The lowest BCUT2D eigenvalue weighted by Crippen LogP contribution is -2.48. The van der Waals surface area contributed by atoms with Crippen LogP contribution in [0.3, 0.4) is 0 Å². The topological polar surface area (TPSA) is 77.5 Å². The fraction of sp³-hybridized carbons (Fsp3) is 0.773. The van der Waals surface area contributed by atoms with Crippen LogP contribution in [0, 0.1) is 5.41 Å². The predicted octanol–water partition coefficient (Wildman–Crippen LogP) is 4.59. The summed E-state index contributed by atoms with van der Waals surface area (Å²) in [4.78, 5) is 3.23. The van der Waals surface area contributed by atoms with Gasteiger partial charge in [0, 0.05) is 17.2 Å². The summed E-state index contributed by atoms with van der Waals surface area (Å²) in [6.45, 7) is 17.2. The Labute approximate surface area is 192 Å². The van der Waals surface area contributed by atoms with Crippen molar-refractivity contribution in [1.29, 1.82) is 0 Å². The molecule has 6 nitrogen and oxygen atoms in total. The van der Waals surface area contributed by atoms with Gasteiger partial charge in [0.1, 0.15) is 10.6 Å². The summed E-state index contributed by atoms with van der Waals surface area (Å²) < 4.78 is 67.9. The quantitative estimate of drug-likeness (QED) is 0.558. The number of nitrogens with one attached hydrogen (secondary N) is 1. The van der Waals surface area contributed by atoms with E-state index in [1.807, 2.05) is 20.8 Å². The lowest BCUT2D eigenvalue weighted by Gasteiger charge is -2.43. The Kier molecular flexibility index (Phi) is 7.57. The highest BCUT2D eigenvalue weighted by Gasteiger charge is 2.56. The summed E-state index contributed by atoms with van der Waals surface area (Å²) in [5.41, 5.74) is -2.67. The first-order valence-corrected chi connectivity index (χ1v) is 12.5. The molecule has 1 aromatic rings. The predicted molar refractivity (Wildman–Crippen MR) is 123 cm³/mol. The maximum atomic E-state index is 13.6. The van der Waals surface area contributed by atoms with E-state index in [1.54, 1.807) is 20.8 Å². The zero-order chi connectivity index (χ0) is 24.8. The van der Waals surface area contributed by atoms with E-state index in [1.165, 1.54) is 12.3 Å². The molecule has 0 saturated carbocycles. The van der Waals surface area contributed by atoms with Crippen LogP contribution in [0.5, 0.6) is 0 Å². The van der Waals surface area contributed by atoms with Gasteiger partial charge in [-0.1, -0.05) is 33.6 Å². The molecule has 0 bridgehead atoms. The second-order valence-corrected chi connectivity index (χ2v) is 12.5. The number of alkyl halides is 2. The van der Waals surface area contributed by atoms with Gasteiger partial charge in [0.25, 0.3) is 6.43 Å². The third-order valence-electron chi connectivity index (χ3n) is 6.63. The number of nitrogens with zero attached hydrogens (tertiary/aromatic N) is 1. The van der Waals surface area contributed by atoms with Crippen LogP contribution < -0.4 is 10.2 Å². The average Bonchev–Trinajstić information content (AvgIpc) is 2.87. The van der Waals surface area contributed by atoms with Crippen LogP contribution in [-0.4, -0.2) is 37.3 Å². The molecule has 1 unspecified atom stereocenters. The van der Waals surface area contributed by atoms with Crippen molar-refractivity contribution in [3.63, 3.8) is 0 Å². The SMILES string of the molecule is CCC(C)(CC)CC1(C)OB(c2cnc(C(F)F)c(S(=O)(=O)NC(C)(C)C)c2)OC1(C)C. The molecule has 182 valence electrons. The van der Waals surface area contributed by atoms with Crippen LogP contribution in [0.2, 0.25) is 0 Å². The third kappa shape index (κ3) is 5.69. The molecule has 10 heteroatoms. The van der Waals surface area contributed by atoms with Gasteiger partial charge in [-0.3, -0.25) is 4.98 Å². The van der Waals surface area contributed by atoms with Crippen molar-refractivity contribution in [1.82, 2.24) is 9.71 Å². The summed E-state index contributed by atoms with van der Waals surface area (Å²) in [5, 5.41) is 0. The Morgan fingerprint density at radius 1 is 1.12 bits per heavy atom. The minimum atomic E-state index is -4.24. The monoisotopic (exact) mass is 474 g/mol. The molecule has 0 radical (unpaired) electrons. The van der Waals surface area contributed by atoms with Gasteiger partial charge in [-0.2, -0.15) is 0 Å². The lowest BCUT2D eigenvalue weighted by atomic mass is 9.70. The van der Waals surface area contributed by atoms with Crippen molar-refractivity contribution in [3.05, 3.63) is 18.0 Å². The lowest BCUT2D eigenvalue weighted by molar-refractivity contribution is -0.0442. The maximum Gasteiger partial charge on any atom is 0.496 e. The Morgan fingerprint density at radius 3 is 2.16 bits per heavy atom. The number of hydrogen-bond acceptors (Lipinski definition) is 5. The first-order chi connectivity index (χ1) is 14.4. The molecule has 0 amide bonds. The van der Waals surface area contributed by atoms with Crippen LogP contribution in [0.25, 0.3) is 0 Å². The first-order valence-electron chi connectivity index (χ1n) is 11.1. The average molecular weight is 474 g/mol. The minimum Gasteiger partial charge on any atom is -0.399 e. The molecule has 2 heterocycles. The Morgan fingerprint density at radius 2 is 1.69 bits per heavy atom. The molecule has 1 aliphatic heterocycles. The Balaban J connectivity index is 2.49. The molecular weight excluding hydrogens is 437 g/mol. The largest absolute Gasteiger partial charge is 0.496 e. The van der Waals surface area contributed by atoms with Gasteiger partial charge in [-0.25, -0.2) is 21.9 Å². The summed E-state index contributed by atoms with van der Waals surface area (Å²) in [7, 11) is -5.16. The molecule has 1 fully saturated rings. The van der Waals surface area contributed by atoms with Gasteiger partial charge >= 0.3 is 7.12 Å². The molecule has 1 saturated heterocycles. The zero-order valence-electron chi connectivity index (χ0n) is 20.7. The van der Waals surface area contributed by atoms with E-state index in [2.05, 4.69) is 30.5 Å². The standard InChI is InChI=1S/C22H37BF2N2O4S/c1-10-21(8,11-2)14-22(9)20(6,7)30-23(31-22)15-12-16(17(18(24)25)26-13-15)32(28,29)27-19(3,4)5/h12-13,18,27H,10-11,14H2,1-9H3. The van der Waals surface area contributed by atoms with Crippen LogP contribution in [0.1, 0.15) is 93.7 Å². The number of halogens is 2. The van der Waals surface area contributed by atoms with Crippen molar-refractivity contribution in [2.24, 2.45) is 5.41 Å². The van der Waals surface area contributed by atoms with Gasteiger partial charge in [0.2, 0.25) is 10.0 Å². The normalized spacial score (nSPS) is 22.1. The molecule has 1 atom stereocenters. The van der Waals surface area contributed by atoms with Gasteiger partial charge in [-0.05, 0) is 59.4 Å². The van der Waals surface area contributed by atoms with E-state index in [-0.39, 0.29) is 10.9 Å². The van der Waals surface area contributed by atoms with E-state index < -0.39 is 50.9 Å². The fourth-order valence-electron chi connectivity index (χ4n) is 3.94. The highest BCUT2D eigenvalue weighted by molar-refractivity contribution is 7.89. The van der Waals surface area contributed by atoms with Crippen molar-refractivity contribution >= 4 is 22.6 Å². The van der Waals surface area contributed by atoms with E-state index in [0.717, 1.165) is 19.3 Å².